The van der Waals surface area contributed by atoms with E-state index in [0.717, 1.165) is 37.2 Å². The SMILES string of the molecule is Cc1cnccc1NC(=O)c1ccn(C2CCCNC2)n1.Cl.Cl. The largest absolute Gasteiger partial charge is 0.320 e. The van der Waals surface area contributed by atoms with Crippen molar-refractivity contribution in [1.29, 1.82) is 0 Å². The van der Waals surface area contributed by atoms with E-state index in [1.165, 1.54) is 0 Å². The Morgan fingerprint density at radius 2 is 2.22 bits per heavy atom. The van der Waals surface area contributed by atoms with Gasteiger partial charge in [0.1, 0.15) is 0 Å². The number of anilines is 1. The Bertz CT molecular complexity index is 640. The molecule has 0 bridgehead atoms. The van der Waals surface area contributed by atoms with E-state index in [2.05, 4.69) is 20.7 Å². The van der Waals surface area contributed by atoms with Crippen LogP contribution < -0.4 is 10.6 Å². The van der Waals surface area contributed by atoms with Crippen LogP contribution in [0.25, 0.3) is 0 Å². The number of piperidine rings is 1. The summed E-state index contributed by atoms with van der Waals surface area (Å²) in [5.74, 6) is -0.188. The highest BCUT2D eigenvalue weighted by Gasteiger charge is 2.18. The quantitative estimate of drug-likeness (QED) is 0.885. The predicted octanol–water partition coefficient (Wildman–Crippen LogP) is 2.61. The predicted molar refractivity (Wildman–Crippen MR) is 94.8 cm³/mol. The number of amides is 1. The first-order chi connectivity index (χ1) is 10.2. The minimum absolute atomic E-state index is 0. The molecule has 0 radical (unpaired) electrons. The Labute approximate surface area is 147 Å². The van der Waals surface area contributed by atoms with Crippen LogP contribution in [0, 0.1) is 6.92 Å². The lowest BCUT2D eigenvalue weighted by Gasteiger charge is -2.22. The number of nitrogens with zero attached hydrogens (tertiary/aromatic N) is 3. The first kappa shape index (κ1) is 19.4. The average molecular weight is 358 g/mol. The topological polar surface area (TPSA) is 71.8 Å². The fourth-order valence-electron chi connectivity index (χ4n) is 2.52. The van der Waals surface area contributed by atoms with Gasteiger partial charge >= 0.3 is 0 Å². The molecular formula is C15H21Cl2N5O. The molecule has 0 aliphatic carbocycles. The number of hydrogen-bond donors (Lipinski definition) is 2. The summed E-state index contributed by atoms with van der Waals surface area (Å²) in [4.78, 5) is 16.3. The zero-order valence-corrected chi connectivity index (χ0v) is 14.5. The molecule has 0 saturated carbocycles. The zero-order chi connectivity index (χ0) is 14.7. The van der Waals surface area contributed by atoms with Gasteiger partial charge in [-0.1, -0.05) is 0 Å². The van der Waals surface area contributed by atoms with Crippen LogP contribution in [0.2, 0.25) is 0 Å². The molecule has 1 aliphatic heterocycles. The summed E-state index contributed by atoms with van der Waals surface area (Å²) < 4.78 is 1.89. The molecule has 0 spiro atoms. The van der Waals surface area contributed by atoms with Crippen molar-refractivity contribution in [2.24, 2.45) is 0 Å². The Balaban J connectivity index is 0.00000132. The van der Waals surface area contributed by atoms with E-state index in [4.69, 9.17) is 0 Å². The number of hydrogen-bond acceptors (Lipinski definition) is 4. The summed E-state index contributed by atoms with van der Waals surface area (Å²) in [5.41, 5.74) is 2.14. The fourth-order valence-corrected chi connectivity index (χ4v) is 2.52. The van der Waals surface area contributed by atoms with Gasteiger partial charge in [-0.2, -0.15) is 5.10 Å². The molecule has 1 saturated heterocycles. The van der Waals surface area contributed by atoms with Gasteiger partial charge in [-0.25, -0.2) is 0 Å². The van der Waals surface area contributed by atoms with Gasteiger partial charge in [0.05, 0.1) is 6.04 Å². The van der Waals surface area contributed by atoms with Gasteiger partial charge in [-0.05, 0) is 44.0 Å². The lowest BCUT2D eigenvalue weighted by molar-refractivity contribution is 0.102. The Kier molecular flexibility index (Phi) is 7.48. The summed E-state index contributed by atoms with van der Waals surface area (Å²) in [7, 11) is 0. The van der Waals surface area contributed by atoms with Crippen molar-refractivity contribution in [3.8, 4) is 0 Å². The number of pyridine rings is 1. The minimum Gasteiger partial charge on any atom is -0.320 e. The number of carbonyl (C=O) groups is 1. The second-order valence-electron chi connectivity index (χ2n) is 5.33. The molecule has 6 nitrogen and oxygen atoms in total. The zero-order valence-electron chi connectivity index (χ0n) is 12.9. The lowest BCUT2D eigenvalue weighted by Crippen LogP contribution is -2.32. The van der Waals surface area contributed by atoms with Gasteiger partial charge in [-0.15, -0.1) is 24.8 Å². The van der Waals surface area contributed by atoms with Gasteiger partial charge < -0.3 is 10.6 Å². The Morgan fingerprint density at radius 3 is 2.91 bits per heavy atom. The summed E-state index contributed by atoms with van der Waals surface area (Å²) in [5, 5.41) is 10.6. The summed E-state index contributed by atoms with van der Waals surface area (Å²) >= 11 is 0. The van der Waals surface area contributed by atoms with Crippen molar-refractivity contribution in [1.82, 2.24) is 20.1 Å². The molecule has 2 N–H and O–H groups in total. The van der Waals surface area contributed by atoms with Crippen molar-refractivity contribution in [3.63, 3.8) is 0 Å². The third kappa shape index (κ3) is 4.67. The third-order valence-electron chi connectivity index (χ3n) is 3.75. The molecule has 3 rings (SSSR count). The molecule has 3 heterocycles. The van der Waals surface area contributed by atoms with Crippen molar-refractivity contribution in [2.45, 2.75) is 25.8 Å². The Hall–Kier alpha value is -1.63. The smallest absolute Gasteiger partial charge is 0.276 e. The number of rotatable bonds is 3. The summed E-state index contributed by atoms with van der Waals surface area (Å²) in [6.45, 7) is 3.88. The van der Waals surface area contributed by atoms with E-state index in [1.807, 2.05) is 17.8 Å². The van der Waals surface area contributed by atoms with Gasteiger partial charge in [-0.3, -0.25) is 14.5 Å². The molecule has 2 aromatic rings. The maximum Gasteiger partial charge on any atom is 0.276 e. The van der Waals surface area contributed by atoms with Crippen LogP contribution in [0.15, 0.2) is 30.7 Å². The number of aryl methyl sites for hydroxylation is 1. The van der Waals surface area contributed by atoms with Gasteiger partial charge in [0.25, 0.3) is 5.91 Å². The molecule has 1 atom stereocenters. The molecule has 1 aliphatic rings. The fraction of sp³-hybridized carbons (Fsp3) is 0.400. The average Bonchev–Trinajstić information content (AvgIpc) is 3.00. The first-order valence-corrected chi connectivity index (χ1v) is 7.22. The standard InChI is InChI=1S/C15H19N5O.2ClH/c1-11-9-17-7-4-13(11)18-15(21)14-5-8-20(19-14)12-3-2-6-16-10-12;;/h4-5,7-9,12,16H,2-3,6,10H2,1H3,(H,17,18,21);2*1H. The van der Waals surface area contributed by atoms with Crippen molar-refractivity contribution < 1.29 is 4.79 Å². The van der Waals surface area contributed by atoms with Crippen LogP contribution in [-0.4, -0.2) is 33.8 Å². The van der Waals surface area contributed by atoms with Gasteiger partial charge in [0.15, 0.2) is 5.69 Å². The number of carbonyl (C=O) groups excluding carboxylic acids is 1. The molecule has 2 aromatic heterocycles. The van der Waals surface area contributed by atoms with Crippen LogP contribution in [0.1, 0.15) is 34.9 Å². The number of halogens is 2. The Morgan fingerprint density at radius 1 is 1.39 bits per heavy atom. The van der Waals surface area contributed by atoms with E-state index in [9.17, 15) is 4.79 Å². The molecule has 23 heavy (non-hydrogen) atoms. The highest BCUT2D eigenvalue weighted by Crippen LogP contribution is 2.17. The van der Waals surface area contributed by atoms with E-state index >= 15 is 0 Å². The highest BCUT2D eigenvalue weighted by molar-refractivity contribution is 6.03. The first-order valence-electron chi connectivity index (χ1n) is 7.22. The van der Waals surface area contributed by atoms with E-state index in [-0.39, 0.29) is 30.7 Å². The summed E-state index contributed by atoms with van der Waals surface area (Å²) in [6.07, 6.45) is 7.50. The monoisotopic (exact) mass is 357 g/mol. The summed E-state index contributed by atoms with van der Waals surface area (Å²) in [6, 6.07) is 3.89. The van der Waals surface area contributed by atoms with Crippen LogP contribution in [0.3, 0.4) is 0 Å². The molecule has 1 fully saturated rings. The van der Waals surface area contributed by atoms with Crippen LogP contribution in [0.4, 0.5) is 5.69 Å². The second kappa shape index (κ2) is 8.86. The van der Waals surface area contributed by atoms with Gasteiger partial charge in [0.2, 0.25) is 0 Å². The number of aromatic nitrogens is 3. The molecule has 0 aromatic carbocycles. The molecular weight excluding hydrogens is 337 g/mol. The molecule has 1 amide bonds. The van der Waals surface area contributed by atoms with Crippen LogP contribution in [0.5, 0.6) is 0 Å². The van der Waals surface area contributed by atoms with E-state index < -0.39 is 0 Å². The van der Waals surface area contributed by atoms with Crippen LogP contribution in [-0.2, 0) is 0 Å². The second-order valence-corrected chi connectivity index (χ2v) is 5.33. The van der Waals surface area contributed by atoms with E-state index in [0.29, 0.717) is 11.7 Å². The molecule has 126 valence electrons. The molecule has 1 unspecified atom stereocenters. The van der Waals surface area contributed by atoms with Crippen molar-refractivity contribution in [3.05, 3.63) is 42.0 Å². The maximum absolute atomic E-state index is 12.2. The van der Waals surface area contributed by atoms with Crippen molar-refractivity contribution in [2.75, 3.05) is 18.4 Å². The maximum atomic E-state index is 12.2. The third-order valence-corrected chi connectivity index (χ3v) is 3.75. The van der Waals surface area contributed by atoms with Crippen molar-refractivity contribution >= 4 is 36.4 Å². The van der Waals surface area contributed by atoms with Crippen LogP contribution >= 0.6 is 24.8 Å². The highest BCUT2D eigenvalue weighted by atomic mass is 35.5. The normalized spacial score (nSPS) is 16.8. The molecule has 8 heteroatoms. The van der Waals surface area contributed by atoms with E-state index in [1.54, 1.807) is 24.5 Å². The van der Waals surface area contributed by atoms with Gasteiger partial charge in [0, 0.05) is 30.8 Å². The number of nitrogens with one attached hydrogen (secondary N) is 2. The minimum atomic E-state index is -0.188. The lowest BCUT2D eigenvalue weighted by atomic mass is 10.1.